The van der Waals surface area contributed by atoms with Gasteiger partial charge in [-0.2, -0.15) is 0 Å². The summed E-state index contributed by atoms with van der Waals surface area (Å²) in [6.07, 6.45) is 0. The Morgan fingerprint density at radius 2 is 2.31 bits per heavy atom. The zero-order valence-electron chi connectivity index (χ0n) is 6.83. The van der Waals surface area contributed by atoms with Crippen LogP contribution in [0.2, 0.25) is 0 Å². The number of rotatable bonds is 2. The second-order valence-corrected chi connectivity index (χ2v) is 3.01. The molecule has 0 aliphatic rings. The van der Waals surface area contributed by atoms with Gasteiger partial charge in [0.2, 0.25) is 0 Å². The number of carbonyl (C=O) groups is 1. The van der Waals surface area contributed by atoms with Crippen molar-refractivity contribution in [1.82, 2.24) is 0 Å². The molecule has 0 amide bonds. The van der Waals surface area contributed by atoms with Crippen molar-refractivity contribution < 1.29 is 14.3 Å². The Bertz CT molecular complexity index is 394. The molecule has 5 heteroatoms. The average molecular weight is 247 g/mol. The van der Waals surface area contributed by atoms with E-state index in [2.05, 4.69) is 15.9 Å². The Balaban J connectivity index is 3.40. The van der Waals surface area contributed by atoms with Crippen molar-refractivity contribution in [1.29, 1.82) is 0 Å². The van der Waals surface area contributed by atoms with Gasteiger partial charge in [-0.15, -0.1) is 0 Å². The molecule has 1 heterocycles. The molecule has 0 spiro atoms. The molecular formula is C8H7BrO4. The van der Waals surface area contributed by atoms with Crippen molar-refractivity contribution in [2.24, 2.45) is 0 Å². The van der Waals surface area contributed by atoms with Crippen molar-refractivity contribution in [3.63, 3.8) is 0 Å². The summed E-state index contributed by atoms with van der Waals surface area (Å²) < 4.78 is 4.72. The minimum absolute atomic E-state index is 0.285. The third-order valence-electron chi connectivity index (χ3n) is 1.47. The van der Waals surface area contributed by atoms with E-state index < -0.39 is 11.4 Å². The molecule has 0 unspecified atom stereocenters. The minimum Gasteiger partial charge on any atom is -0.507 e. The van der Waals surface area contributed by atoms with Crippen molar-refractivity contribution in [3.8, 4) is 5.75 Å². The molecule has 0 atom stereocenters. The number of hydrogen-bond acceptors (Lipinski definition) is 4. The van der Waals surface area contributed by atoms with Gasteiger partial charge >= 0.3 is 5.63 Å². The SMILES string of the molecule is CC(=O)c1c(O)cc(CBr)oc1=O. The van der Waals surface area contributed by atoms with E-state index >= 15 is 0 Å². The van der Waals surface area contributed by atoms with Gasteiger partial charge in [-0.1, -0.05) is 15.9 Å². The number of hydrogen-bond donors (Lipinski definition) is 1. The van der Waals surface area contributed by atoms with Crippen LogP contribution in [0.15, 0.2) is 15.3 Å². The first kappa shape index (κ1) is 9.98. The first-order valence-corrected chi connectivity index (χ1v) is 4.61. The van der Waals surface area contributed by atoms with E-state index in [1.54, 1.807) is 0 Å². The van der Waals surface area contributed by atoms with Crippen molar-refractivity contribution in [3.05, 3.63) is 27.8 Å². The quantitative estimate of drug-likeness (QED) is 0.634. The fourth-order valence-corrected chi connectivity index (χ4v) is 1.20. The average Bonchev–Trinajstić information content (AvgIpc) is 2.02. The van der Waals surface area contributed by atoms with E-state index in [-0.39, 0.29) is 17.1 Å². The maximum absolute atomic E-state index is 11.1. The van der Waals surface area contributed by atoms with Crippen molar-refractivity contribution in [2.75, 3.05) is 0 Å². The molecule has 1 N–H and O–H groups in total. The fraction of sp³-hybridized carbons (Fsp3) is 0.250. The second-order valence-electron chi connectivity index (χ2n) is 2.45. The minimum atomic E-state index is -0.804. The second kappa shape index (κ2) is 3.74. The Morgan fingerprint density at radius 1 is 1.69 bits per heavy atom. The van der Waals surface area contributed by atoms with Gasteiger partial charge < -0.3 is 9.52 Å². The third-order valence-corrected chi connectivity index (χ3v) is 2.02. The van der Waals surface area contributed by atoms with E-state index in [1.807, 2.05) is 0 Å². The zero-order chi connectivity index (χ0) is 10.0. The monoisotopic (exact) mass is 246 g/mol. The molecule has 4 nitrogen and oxygen atoms in total. The van der Waals surface area contributed by atoms with Crippen LogP contribution in [0, 0.1) is 0 Å². The van der Waals surface area contributed by atoms with Crippen LogP contribution in [-0.2, 0) is 5.33 Å². The van der Waals surface area contributed by atoms with Crippen LogP contribution in [0.1, 0.15) is 23.0 Å². The van der Waals surface area contributed by atoms with Crippen LogP contribution >= 0.6 is 15.9 Å². The summed E-state index contributed by atoms with van der Waals surface area (Å²) in [6, 6.07) is 1.24. The number of aromatic hydroxyl groups is 1. The smallest absolute Gasteiger partial charge is 0.350 e. The van der Waals surface area contributed by atoms with E-state index in [1.165, 1.54) is 13.0 Å². The van der Waals surface area contributed by atoms with E-state index in [4.69, 9.17) is 4.42 Å². The lowest BCUT2D eigenvalue weighted by atomic mass is 10.2. The summed E-state index contributed by atoms with van der Waals surface area (Å²) in [4.78, 5) is 21.9. The third kappa shape index (κ3) is 1.98. The highest BCUT2D eigenvalue weighted by Crippen LogP contribution is 2.16. The highest BCUT2D eigenvalue weighted by atomic mass is 79.9. The Hall–Kier alpha value is -1.10. The van der Waals surface area contributed by atoms with Gasteiger partial charge in [0.05, 0.1) is 5.33 Å². The molecule has 0 aliphatic carbocycles. The molecule has 0 bridgehead atoms. The molecule has 0 aromatic carbocycles. The van der Waals surface area contributed by atoms with Gasteiger partial charge in [0, 0.05) is 6.07 Å². The summed E-state index contributed by atoms with van der Waals surface area (Å²) in [5, 5.41) is 9.59. The fourth-order valence-electron chi connectivity index (χ4n) is 0.919. The number of carbonyl (C=O) groups excluding carboxylic acids is 1. The largest absolute Gasteiger partial charge is 0.507 e. The molecule has 1 aromatic heterocycles. The number of ketones is 1. The van der Waals surface area contributed by atoms with Crippen LogP contribution in [0.25, 0.3) is 0 Å². The van der Waals surface area contributed by atoms with Crippen LogP contribution in [0.4, 0.5) is 0 Å². The summed E-state index contributed by atoms with van der Waals surface area (Å²) in [5.41, 5.74) is -1.10. The van der Waals surface area contributed by atoms with E-state index in [0.29, 0.717) is 5.33 Å². The maximum atomic E-state index is 11.1. The summed E-state index contributed by atoms with van der Waals surface area (Å²) in [5.74, 6) is -0.557. The summed E-state index contributed by atoms with van der Waals surface area (Å²) in [7, 11) is 0. The van der Waals surface area contributed by atoms with Gasteiger partial charge in [0.25, 0.3) is 0 Å². The van der Waals surface area contributed by atoms with Crippen LogP contribution in [0.3, 0.4) is 0 Å². The molecule has 13 heavy (non-hydrogen) atoms. The lowest BCUT2D eigenvalue weighted by Crippen LogP contribution is -2.12. The maximum Gasteiger partial charge on any atom is 0.350 e. The highest BCUT2D eigenvalue weighted by Gasteiger charge is 2.14. The first-order chi connectivity index (χ1) is 6.06. The van der Waals surface area contributed by atoms with Gasteiger partial charge in [0.15, 0.2) is 5.78 Å². The number of alkyl halides is 1. The number of halogens is 1. The van der Waals surface area contributed by atoms with Crippen LogP contribution in [0.5, 0.6) is 5.75 Å². The van der Waals surface area contributed by atoms with Gasteiger partial charge in [-0.05, 0) is 6.92 Å². The van der Waals surface area contributed by atoms with E-state index in [9.17, 15) is 14.7 Å². The zero-order valence-corrected chi connectivity index (χ0v) is 8.42. The molecule has 0 aliphatic heterocycles. The summed E-state index contributed by atoms with van der Waals surface area (Å²) >= 11 is 3.06. The molecule has 0 radical (unpaired) electrons. The molecule has 1 rings (SSSR count). The molecular weight excluding hydrogens is 240 g/mol. The summed E-state index contributed by atoms with van der Waals surface area (Å²) in [6.45, 7) is 1.19. The molecule has 0 saturated heterocycles. The lowest BCUT2D eigenvalue weighted by molar-refractivity contribution is 0.101. The van der Waals surface area contributed by atoms with E-state index in [0.717, 1.165) is 0 Å². The van der Waals surface area contributed by atoms with Crippen molar-refractivity contribution >= 4 is 21.7 Å². The van der Waals surface area contributed by atoms with Crippen LogP contribution in [-0.4, -0.2) is 10.9 Å². The standard InChI is InChI=1S/C8H7BrO4/c1-4(10)7-6(11)2-5(3-9)13-8(7)12/h2,11H,3H2,1H3. The predicted octanol–water partition coefficient (Wildman–Crippen LogP) is 1.44. The highest BCUT2D eigenvalue weighted by molar-refractivity contribution is 9.08. The molecule has 0 fully saturated rings. The Kier molecular flexibility index (Phi) is 2.87. The molecule has 0 saturated carbocycles. The Morgan fingerprint density at radius 3 is 2.69 bits per heavy atom. The lowest BCUT2D eigenvalue weighted by Gasteiger charge is -1.99. The molecule has 1 aromatic rings. The van der Waals surface area contributed by atoms with Gasteiger partial charge in [0.1, 0.15) is 17.1 Å². The topological polar surface area (TPSA) is 67.5 Å². The van der Waals surface area contributed by atoms with Gasteiger partial charge in [-0.25, -0.2) is 4.79 Å². The van der Waals surface area contributed by atoms with Crippen molar-refractivity contribution in [2.45, 2.75) is 12.3 Å². The predicted molar refractivity (Wildman–Crippen MR) is 49.3 cm³/mol. The first-order valence-electron chi connectivity index (χ1n) is 3.49. The number of Topliss-reactive ketones (excluding diaryl/α,β-unsaturated/α-hetero) is 1. The molecule has 70 valence electrons. The van der Waals surface area contributed by atoms with Crippen LogP contribution < -0.4 is 5.63 Å². The van der Waals surface area contributed by atoms with Gasteiger partial charge in [-0.3, -0.25) is 4.79 Å². The Labute approximate surface area is 82.3 Å². The normalized spacial score (nSPS) is 10.0.